The summed E-state index contributed by atoms with van der Waals surface area (Å²) in [7, 11) is 0. The molecule has 0 spiro atoms. The predicted octanol–water partition coefficient (Wildman–Crippen LogP) is 4.63. The maximum absolute atomic E-state index is 14.9. The van der Waals surface area contributed by atoms with E-state index in [2.05, 4.69) is 9.97 Å². The van der Waals surface area contributed by atoms with Crippen LogP contribution in [0.1, 0.15) is 16.2 Å². The SMILES string of the molecule is O=C(c1ccc(-c2nccc3c2nc(C(F)(F)F)n3CC(F)F)cc1F)N1CCOCC(F)(F)C1. The summed E-state index contributed by atoms with van der Waals surface area (Å²) in [6.45, 7) is -3.50. The Balaban J connectivity index is 1.74. The molecule has 2 aromatic heterocycles. The summed E-state index contributed by atoms with van der Waals surface area (Å²) in [5.74, 6) is -7.05. The van der Waals surface area contributed by atoms with Gasteiger partial charge in [-0.2, -0.15) is 13.2 Å². The van der Waals surface area contributed by atoms with Crippen LogP contribution in [0.15, 0.2) is 30.5 Å². The van der Waals surface area contributed by atoms with Gasteiger partial charge in [-0.15, -0.1) is 0 Å². The van der Waals surface area contributed by atoms with Crippen molar-refractivity contribution in [2.24, 2.45) is 0 Å². The number of hydrogen-bond donors (Lipinski definition) is 0. The van der Waals surface area contributed by atoms with E-state index in [4.69, 9.17) is 4.74 Å². The largest absolute Gasteiger partial charge is 0.449 e. The maximum atomic E-state index is 14.9. The van der Waals surface area contributed by atoms with Crippen molar-refractivity contribution in [1.82, 2.24) is 19.4 Å². The van der Waals surface area contributed by atoms with Gasteiger partial charge in [0, 0.05) is 18.3 Å². The molecule has 0 aliphatic carbocycles. The van der Waals surface area contributed by atoms with Gasteiger partial charge < -0.3 is 14.2 Å². The summed E-state index contributed by atoms with van der Waals surface area (Å²) in [5.41, 5.74) is -1.57. The first-order valence-electron chi connectivity index (χ1n) is 10.1. The summed E-state index contributed by atoms with van der Waals surface area (Å²) in [4.78, 5) is 20.8. The van der Waals surface area contributed by atoms with E-state index in [-0.39, 0.29) is 29.9 Å². The Bertz CT molecular complexity index is 1260. The van der Waals surface area contributed by atoms with E-state index in [1.54, 1.807) is 0 Å². The second-order valence-electron chi connectivity index (χ2n) is 7.79. The van der Waals surface area contributed by atoms with E-state index in [0.717, 1.165) is 35.4 Å². The zero-order valence-corrected chi connectivity index (χ0v) is 17.6. The van der Waals surface area contributed by atoms with Crippen molar-refractivity contribution in [3.05, 3.63) is 47.7 Å². The maximum Gasteiger partial charge on any atom is 0.449 e. The van der Waals surface area contributed by atoms with Crippen LogP contribution in [-0.4, -0.2) is 64.0 Å². The monoisotopic (exact) mass is 508 g/mol. The Morgan fingerprint density at radius 2 is 1.94 bits per heavy atom. The molecule has 3 heterocycles. The normalized spacial score (nSPS) is 16.7. The minimum Gasteiger partial charge on any atom is -0.373 e. The van der Waals surface area contributed by atoms with Gasteiger partial charge in [-0.1, -0.05) is 6.07 Å². The summed E-state index contributed by atoms with van der Waals surface area (Å²) in [6, 6.07) is 4.00. The molecule has 0 N–H and O–H groups in total. The first-order valence-corrected chi connectivity index (χ1v) is 10.1. The number of carbonyl (C=O) groups is 1. The summed E-state index contributed by atoms with van der Waals surface area (Å²) < 4.78 is 114. The molecule has 0 atom stereocenters. The van der Waals surface area contributed by atoms with Crippen LogP contribution >= 0.6 is 0 Å². The van der Waals surface area contributed by atoms with Crippen LogP contribution in [0.4, 0.5) is 35.1 Å². The van der Waals surface area contributed by atoms with E-state index in [1.807, 2.05) is 0 Å². The van der Waals surface area contributed by atoms with Crippen LogP contribution in [0.5, 0.6) is 0 Å². The van der Waals surface area contributed by atoms with Crippen molar-refractivity contribution in [3.8, 4) is 11.3 Å². The standard InChI is InChI=1S/C21H16F8N4O2/c22-13-7-11(1-2-12(13)18(34)32-5-6-35-10-20(25,26)9-32)16-17-14(3-4-30-16)33(8-15(23)24)19(31-17)21(27,28)29/h1-4,7,15H,5-6,8-10H2. The fourth-order valence-corrected chi connectivity index (χ4v) is 3.78. The molecular formula is C21H16F8N4O2. The molecule has 1 amide bonds. The Kier molecular flexibility index (Phi) is 6.42. The number of carbonyl (C=O) groups excluding carboxylic acids is 1. The minimum absolute atomic E-state index is 0.0930. The number of imidazole rings is 1. The van der Waals surface area contributed by atoms with Gasteiger partial charge in [0.1, 0.15) is 17.9 Å². The lowest BCUT2D eigenvalue weighted by atomic mass is 10.1. The Morgan fingerprint density at radius 3 is 2.60 bits per heavy atom. The zero-order chi connectivity index (χ0) is 25.5. The molecular weight excluding hydrogens is 492 g/mol. The van der Waals surface area contributed by atoms with E-state index in [0.29, 0.717) is 4.57 Å². The van der Waals surface area contributed by atoms with Crippen LogP contribution in [0, 0.1) is 5.82 Å². The van der Waals surface area contributed by atoms with E-state index in [1.165, 1.54) is 0 Å². The highest BCUT2D eigenvalue weighted by Crippen LogP contribution is 2.35. The van der Waals surface area contributed by atoms with Gasteiger partial charge in [0.25, 0.3) is 18.3 Å². The molecule has 35 heavy (non-hydrogen) atoms. The number of aromatic nitrogens is 3. The number of nitrogens with zero attached hydrogens (tertiary/aromatic N) is 4. The second kappa shape index (κ2) is 9.06. The lowest BCUT2D eigenvalue weighted by Gasteiger charge is -2.23. The molecule has 1 aliphatic heterocycles. The van der Waals surface area contributed by atoms with Gasteiger partial charge in [-0.3, -0.25) is 9.78 Å². The van der Waals surface area contributed by atoms with Crippen LogP contribution in [-0.2, 0) is 17.5 Å². The number of hydrogen-bond acceptors (Lipinski definition) is 4. The molecule has 1 saturated heterocycles. The average molecular weight is 508 g/mol. The summed E-state index contributed by atoms with van der Waals surface area (Å²) in [5, 5.41) is 0. The molecule has 0 unspecified atom stereocenters. The van der Waals surface area contributed by atoms with Crippen LogP contribution < -0.4 is 0 Å². The number of pyridine rings is 1. The first-order chi connectivity index (χ1) is 16.4. The van der Waals surface area contributed by atoms with Crippen molar-refractivity contribution in [1.29, 1.82) is 0 Å². The highest BCUT2D eigenvalue weighted by Gasteiger charge is 2.39. The van der Waals surface area contributed by atoms with Gasteiger partial charge in [0.15, 0.2) is 0 Å². The van der Waals surface area contributed by atoms with E-state index >= 15 is 0 Å². The number of ether oxygens (including phenoxy) is 1. The van der Waals surface area contributed by atoms with Gasteiger partial charge in [0.05, 0.1) is 36.5 Å². The molecule has 188 valence electrons. The molecule has 14 heteroatoms. The van der Waals surface area contributed by atoms with Crippen LogP contribution in [0.3, 0.4) is 0 Å². The lowest BCUT2D eigenvalue weighted by molar-refractivity contribution is -0.147. The third kappa shape index (κ3) is 5.06. The number of alkyl halides is 7. The number of fused-ring (bicyclic) bond motifs is 1. The molecule has 0 radical (unpaired) electrons. The summed E-state index contributed by atoms with van der Waals surface area (Å²) >= 11 is 0. The van der Waals surface area contributed by atoms with Crippen molar-refractivity contribution >= 4 is 16.9 Å². The van der Waals surface area contributed by atoms with E-state index < -0.39 is 66.8 Å². The Hall–Kier alpha value is -3.29. The van der Waals surface area contributed by atoms with Crippen molar-refractivity contribution in [3.63, 3.8) is 0 Å². The molecule has 6 nitrogen and oxygen atoms in total. The predicted molar refractivity (Wildman–Crippen MR) is 106 cm³/mol. The zero-order valence-electron chi connectivity index (χ0n) is 17.6. The van der Waals surface area contributed by atoms with Crippen LogP contribution in [0.2, 0.25) is 0 Å². The number of halogens is 8. The summed E-state index contributed by atoms with van der Waals surface area (Å²) in [6.07, 6.45) is -7.10. The van der Waals surface area contributed by atoms with Gasteiger partial charge >= 0.3 is 6.18 Å². The highest BCUT2D eigenvalue weighted by atomic mass is 19.4. The molecule has 1 aliphatic rings. The van der Waals surface area contributed by atoms with Gasteiger partial charge in [0.2, 0.25) is 5.82 Å². The number of rotatable bonds is 4. The first kappa shape index (κ1) is 24.8. The Labute approximate surface area is 192 Å². The third-order valence-electron chi connectivity index (χ3n) is 5.24. The topological polar surface area (TPSA) is 60.2 Å². The average Bonchev–Trinajstić information content (AvgIpc) is 3.03. The quantitative estimate of drug-likeness (QED) is 0.483. The fourth-order valence-electron chi connectivity index (χ4n) is 3.78. The lowest BCUT2D eigenvalue weighted by Crippen LogP contribution is -2.41. The molecule has 1 aromatic carbocycles. The molecule has 0 saturated carbocycles. The molecule has 4 rings (SSSR count). The van der Waals surface area contributed by atoms with Crippen LogP contribution in [0.25, 0.3) is 22.3 Å². The molecule has 3 aromatic rings. The molecule has 1 fully saturated rings. The molecule has 0 bridgehead atoms. The number of amides is 1. The van der Waals surface area contributed by atoms with E-state index in [9.17, 15) is 39.9 Å². The third-order valence-corrected chi connectivity index (χ3v) is 5.24. The Morgan fingerprint density at radius 1 is 1.20 bits per heavy atom. The van der Waals surface area contributed by atoms with Crippen molar-refractivity contribution in [2.75, 3.05) is 26.3 Å². The fraction of sp³-hybridized carbons (Fsp3) is 0.381. The van der Waals surface area contributed by atoms with Crippen molar-refractivity contribution in [2.45, 2.75) is 25.1 Å². The second-order valence-corrected chi connectivity index (χ2v) is 7.79. The highest BCUT2D eigenvalue weighted by molar-refractivity contribution is 5.96. The van der Waals surface area contributed by atoms with Crippen molar-refractivity contribution < 1.29 is 44.7 Å². The van der Waals surface area contributed by atoms with Gasteiger partial charge in [-0.05, 0) is 18.2 Å². The number of benzene rings is 1. The van der Waals surface area contributed by atoms with Gasteiger partial charge in [-0.25, -0.2) is 26.9 Å². The smallest absolute Gasteiger partial charge is 0.373 e. The minimum atomic E-state index is -5.05.